The molecule has 1 amide bonds. The first-order valence-electron chi connectivity index (χ1n) is 6.03. The Morgan fingerprint density at radius 2 is 1.84 bits per heavy atom. The monoisotopic (exact) mass is 252 g/mol. The number of hydrogen-bond donors (Lipinski definition) is 0. The molecule has 0 saturated heterocycles. The molecular formula is C15H12N2O2. The van der Waals surface area contributed by atoms with E-state index in [9.17, 15) is 9.59 Å². The zero-order chi connectivity index (χ0) is 13.4. The number of nitrogens with zero attached hydrogens (tertiary/aromatic N) is 2. The van der Waals surface area contributed by atoms with Crippen LogP contribution in [0, 0.1) is 6.92 Å². The van der Waals surface area contributed by atoms with Crippen molar-refractivity contribution in [1.82, 2.24) is 4.98 Å². The maximum absolute atomic E-state index is 12.0. The third kappa shape index (κ3) is 1.91. The van der Waals surface area contributed by atoms with Gasteiger partial charge < -0.3 is 0 Å². The van der Waals surface area contributed by atoms with Crippen LogP contribution in [0.25, 0.3) is 0 Å². The van der Waals surface area contributed by atoms with Crippen LogP contribution in [0.3, 0.4) is 0 Å². The lowest BCUT2D eigenvalue weighted by Gasteiger charge is -2.15. The Kier molecular flexibility index (Phi) is 2.63. The van der Waals surface area contributed by atoms with Gasteiger partial charge in [-0.2, -0.15) is 0 Å². The van der Waals surface area contributed by atoms with E-state index in [1.54, 1.807) is 18.3 Å². The van der Waals surface area contributed by atoms with E-state index in [-0.39, 0.29) is 0 Å². The summed E-state index contributed by atoms with van der Waals surface area (Å²) in [5.41, 5.74) is 2.52. The molecule has 1 aromatic heterocycles. The van der Waals surface area contributed by atoms with Crippen LogP contribution < -0.4 is 4.90 Å². The molecule has 1 aliphatic rings. The molecule has 1 aromatic carbocycles. The number of benzene rings is 1. The summed E-state index contributed by atoms with van der Waals surface area (Å²) in [4.78, 5) is 29.4. The average molecular weight is 252 g/mol. The first-order chi connectivity index (χ1) is 9.16. The number of aryl methyl sites for hydroxylation is 1. The Morgan fingerprint density at radius 3 is 2.58 bits per heavy atom. The number of amides is 1. The third-order valence-corrected chi connectivity index (χ3v) is 3.19. The summed E-state index contributed by atoms with van der Waals surface area (Å²) in [6.07, 6.45) is 1.59. The SMILES string of the molecule is Cc1ccc(CN2C(=O)C(=O)c3cccnc32)cc1. The highest BCUT2D eigenvalue weighted by Gasteiger charge is 2.36. The number of aromatic nitrogens is 1. The molecule has 0 bridgehead atoms. The van der Waals surface area contributed by atoms with E-state index in [0.717, 1.165) is 11.1 Å². The molecule has 4 heteroatoms. The third-order valence-electron chi connectivity index (χ3n) is 3.19. The summed E-state index contributed by atoms with van der Waals surface area (Å²) in [5.74, 6) is -0.525. The molecule has 0 atom stereocenters. The van der Waals surface area contributed by atoms with E-state index in [1.165, 1.54) is 4.90 Å². The van der Waals surface area contributed by atoms with Gasteiger partial charge in [0.05, 0.1) is 12.1 Å². The minimum absolute atomic E-state index is 0.370. The summed E-state index contributed by atoms with van der Waals surface area (Å²) in [6, 6.07) is 11.2. The molecule has 0 aliphatic carbocycles. The number of hydrogen-bond acceptors (Lipinski definition) is 3. The number of Topliss-reactive ketones (excluding diaryl/α,β-unsaturated/α-hetero) is 1. The van der Waals surface area contributed by atoms with Crippen LogP contribution in [0.4, 0.5) is 5.82 Å². The maximum atomic E-state index is 12.0. The van der Waals surface area contributed by atoms with Crippen molar-refractivity contribution in [3.05, 3.63) is 59.3 Å². The number of ketones is 1. The van der Waals surface area contributed by atoms with Crippen LogP contribution in [-0.2, 0) is 11.3 Å². The second kappa shape index (κ2) is 4.31. The molecule has 1 aliphatic heterocycles. The largest absolute Gasteiger partial charge is 0.301 e. The number of carbonyl (C=O) groups is 2. The zero-order valence-electron chi connectivity index (χ0n) is 10.5. The number of carbonyl (C=O) groups excluding carboxylic acids is 2. The Hall–Kier alpha value is -2.49. The van der Waals surface area contributed by atoms with Gasteiger partial charge in [0.2, 0.25) is 0 Å². The average Bonchev–Trinajstić information content (AvgIpc) is 2.67. The standard InChI is InChI=1S/C15H12N2O2/c1-10-4-6-11(7-5-10)9-17-14-12(3-2-8-16-14)13(18)15(17)19/h2-8H,9H2,1H3. The molecule has 0 radical (unpaired) electrons. The van der Waals surface area contributed by atoms with E-state index in [0.29, 0.717) is 17.9 Å². The molecule has 0 saturated carbocycles. The molecule has 19 heavy (non-hydrogen) atoms. The number of pyridine rings is 1. The Balaban J connectivity index is 1.95. The number of anilines is 1. The lowest BCUT2D eigenvalue weighted by atomic mass is 10.1. The van der Waals surface area contributed by atoms with Gasteiger partial charge in [-0.1, -0.05) is 29.8 Å². The topological polar surface area (TPSA) is 50.3 Å². The zero-order valence-corrected chi connectivity index (χ0v) is 10.5. The van der Waals surface area contributed by atoms with Crippen LogP contribution in [0.1, 0.15) is 21.5 Å². The van der Waals surface area contributed by atoms with Crippen molar-refractivity contribution in [2.24, 2.45) is 0 Å². The van der Waals surface area contributed by atoms with E-state index in [1.807, 2.05) is 31.2 Å². The lowest BCUT2D eigenvalue weighted by Crippen LogP contribution is -2.29. The van der Waals surface area contributed by atoms with Crippen molar-refractivity contribution in [2.75, 3.05) is 4.90 Å². The van der Waals surface area contributed by atoms with Gasteiger partial charge >= 0.3 is 5.91 Å². The molecule has 2 heterocycles. The van der Waals surface area contributed by atoms with Crippen LogP contribution >= 0.6 is 0 Å². The summed E-state index contributed by atoms with van der Waals surface area (Å²) < 4.78 is 0. The van der Waals surface area contributed by atoms with Crippen LogP contribution in [0.15, 0.2) is 42.6 Å². The van der Waals surface area contributed by atoms with Gasteiger partial charge in [0.25, 0.3) is 5.78 Å². The lowest BCUT2D eigenvalue weighted by molar-refractivity contribution is -0.114. The van der Waals surface area contributed by atoms with E-state index < -0.39 is 11.7 Å². The minimum atomic E-state index is -0.505. The molecule has 0 unspecified atom stereocenters. The molecule has 0 spiro atoms. The first-order valence-corrected chi connectivity index (χ1v) is 6.03. The van der Waals surface area contributed by atoms with Crippen LogP contribution in [0.5, 0.6) is 0 Å². The normalized spacial score (nSPS) is 13.8. The van der Waals surface area contributed by atoms with Crippen molar-refractivity contribution in [1.29, 1.82) is 0 Å². The summed E-state index contributed by atoms with van der Waals surface area (Å²) >= 11 is 0. The number of fused-ring (bicyclic) bond motifs is 1. The van der Waals surface area contributed by atoms with Crippen molar-refractivity contribution < 1.29 is 9.59 Å². The molecular weight excluding hydrogens is 240 g/mol. The summed E-state index contributed by atoms with van der Waals surface area (Å²) in [6.45, 7) is 2.38. The molecule has 0 fully saturated rings. The van der Waals surface area contributed by atoms with Gasteiger partial charge in [0, 0.05) is 6.20 Å². The fraction of sp³-hybridized carbons (Fsp3) is 0.133. The van der Waals surface area contributed by atoms with Crippen molar-refractivity contribution in [2.45, 2.75) is 13.5 Å². The van der Waals surface area contributed by atoms with Gasteiger partial charge in [-0.25, -0.2) is 4.98 Å². The van der Waals surface area contributed by atoms with E-state index >= 15 is 0 Å². The van der Waals surface area contributed by atoms with Crippen molar-refractivity contribution >= 4 is 17.5 Å². The summed E-state index contributed by atoms with van der Waals surface area (Å²) in [5, 5.41) is 0. The summed E-state index contributed by atoms with van der Waals surface area (Å²) in [7, 11) is 0. The fourth-order valence-electron chi connectivity index (χ4n) is 2.15. The maximum Gasteiger partial charge on any atom is 0.301 e. The molecule has 2 aromatic rings. The predicted molar refractivity (Wildman–Crippen MR) is 70.9 cm³/mol. The van der Waals surface area contributed by atoms with E-state index in [4.69, 9.17) is 0 Å². The minimum Gasteiger partial charge on any atom is -0.285 e. The Bertz CT molecular complexity index is 662. The Morgan fingerprint density at radius 1 is 1.11 bits per heavy atom. The van der Waals surface area contributed by atoms with Gasteiger partial charge in [-0.3, -0.25) is 14.5 Å². The smallest absolute Gasteiger partial charge is 0.285 e. The van der Waals surface area contributed by atoms with E-state index in [2.05, 4.69) is 4.98 Å². The first kappa shape index (κ1) is 11.6. The van der Waals surface area contributed by atoms with Gasteiger partial charge in [0.1, 0.15) is 5.82 Å². The Labute approximate surface area is 110 Å². The molecule has 94 valence electrons. The molecule has 4 nitrogen and oxygen atoms in total. The van der Waals surface area contributed by atoms with Gasteiger partial charge in [-0.05, 0) is 24.6 Å². The molecule has 0 N–H and O–H groups in total. The van der Waals surface area contributed by atoms with Crippen LogP contribution in [-0.4, -0.2) is 16.7 Å². The predicted octanol–water partition coefficient (Wildman–Crippen LogP) is 2.12. The fourth-order valence-corrected chi connectivity index (χ4v) is 2.15. The quantitative estimate of drug-likeness (QED) is 0.769. The van der Waals surface area contributed by atoms with Crippen LogP contribution in [0.2, 0.25) is 0 Å². The molecule has 3 rings (SSSR count). The van der Waals surface area contributed by atoms with Gasteiger partial charge in [-0.15, -0.1) is 0 Å². The highest BCUT2D eigenvalue weighted by molar-refractivity contribution is 6.51. The van der Waals surface area contributed by atoms with Gasteiger partial charge in [0.15, 0.2) is 0 Å². The number of rotatable bonds is 2. The second-order valence-electron chi connectivity index (χ2n) is 4.58. The highest BCUT2D eigenvalue weighted by Crippen LogP contribution is 2.27. The van der Waals surface area contributed by atoms with Crippen molar-refractivity contribution in [3.8, 4) is 0 Å². The second-order valence-corrected chi connectivity index (χ2v) is 4.58. The van der Waals surface area contributed by atoms with Crippen molar-refractivity contribution in [3.63, 3.8) is 0 Å². The highest BCUT2D eigenvalue weighted by atomic mass is 16.2.